The van der Waals surface area contributed by atoms with Crippen LogP contribution >= 0.6 is 0 Å². The molecule has 0 aliphatic heterocycles. The van der Waals surface area contributed by atoms with Gasteiger partial charge < -0.3 is 5.73 Å². The van der Waals surface area contributed by atoms with Crippen molar-refractivity contribution in [1.82, 2.24) is 0 Å². The van der Waals surface area contributed by atoms with Gasteiger partial charge in [-0.05, 0) is 42.6 Å². The molecule has 0 aromatic heterocycles. The molecule has 0 radical (unpaired) electrons. The molecule has 3 saturated carbocycles. The molecule has 58 valence electrons. The molecule has 3 aliphatic carbocycles. The SMILES string of the molecule is CC1(C)C2CCC1(CN)C2. The van der Waals surface area contributed by atoms with Gasteiger partial charge >= 0.3 is 0 Å². The molecule has 0 heterocycles. The zero-order valence-electron chi connectivity index (χ0n) is 6.98. The van der Waals surface area contributed by atoms with E-state index in [-0.39, 0.29) is 0 Å². The van der Waals surface area contributed by atoms with Crippen LogP contribution in [0.15, 0.2) is 0 Å². The van der Waals surface area contributed by atoms with Crippen molar-refractivity contribution in [2.75, 3.05) is 6.54 Å². The number of nitrogens with two attached hydrogens (primary N) is 1. The van der Waals surface area contributed by atoms with Gasteiger partial charge in [0.2, 0.25) is 0 Å². The molecule has 0 amide bonds. The molecule has 2 unspecified atom stereocenters. The number of rotatable bonds is 1. The van der Waals surface area contributed by atoms with Crippen molar-refractivity contribution in [2.24, 2.45) is 22.5 Å². The molecule has 3 aliphatic rings. The van der Waals surface area contributed by atoms with Crippen LogP contribution in [0, 0.1) is 16.7 Å². The molecule has 2 bridgehead atoms. The van der Waals surface area contributed by atoms with E-state index in [2.05, 4.69) is 13.8 Å². The first kappa shape index (κ1) is 6.66. The Morgan fingerprint density at radius 3 is 2.40 bits per heavy atom. The monoisotopic (exact) mass is 139 g/mol. The van der Waals surface area contributed by atoms with E-state index in [0.29, 0.717) is 10.8 Å². The minimum absolute atomic E-state index is 0.553. The molecular weight excluding hydrogens is 122 g/mol. The maximum absolute atomic E-state index is 5.78. The van der Waals surface area contributed by atoms with Crippen molar-refractivity contribution in [3.63, 3.8) is 0 Å². The predicted molar refractivity (Wildman–Crippen MR) is 42.6 cm³/mol. The van der Waals surface area contributed by atoms with Crippen molar-refractivity contribution >= 4 is 0 Å². The molecule has 1 nitrogen and oxygen atoms in total. The van der Waals surface area contributed by atoms with E-state index in [1.807, 2.05) is 0 Å². The highest BCUT2D eigenvalue weighted by Gasteiger charge is 2.63. The summed E-state index contributed by atoms with van der Waals surface area (Å²) in [6, 6.07) is 0. The molecule has 0 saturated heterocycles. The first-order valence-electron chi connectivity index (χ1n) is 4.32. The van der Waals surface area contributed by atoms with E-state index in [4.69, 9.17) is 5.73 Å². The summed E-state index contributed by atoms with van der Waals surface area (Å²) in [5.74, 6) is 0.996. The van der Waals surface area contributed by atoms with Crippen molar-refractivity contribution in [3.05, 3.63) is 0 Å². The van der Waals surface area contributed by atoms with E-state index in [1.165, 1.54) is 19.3 Å². The summed E-state index contributed by atoms with van der Waals surface area (Å²) < 4.78 is 0. The van der Waals surface area contributed by atoms with E-state index in [9.17, 15) is 0 Å². The van der Waals surface area contributed by atoms with Gasteiger partial charge in [-0.15, -0.1) is 0 Å². The van der Waals surface area contributed by atoms with Crippen LogP contribution in [0.3, 0.4) is 0 Å². The van der Waals surface area contributed by atoms with Crippen LogP contribution < -0.4 is 5.73 Å². The number of fused-ring (bicyclic) bond motifs is 1. The lowest BCUT2D eigenvalue weighted by Gasteiger charge is -2.54. The summed E-state index contributed by atoms with van der Waals surface area (Å²) in [7, 11) is 0. The third kappa shape index (κ3) is 0.460. The maximum atomic E-state index is 5.78. The summed E-state index contributed by atoms with van der Waals surface area (Å²) in [4.78, 5) is 0. The lowest BCUT2D eigenvalue weighted by atomic mass is 9.51. The van der Waals surface area contributed by atoms with Crippen LogP contribution in [0.25, 0.3) is 0 Å². The Bertz CT molecular complexity index is 158. The van der Waals surface area contributed by atoms with Crippen LogP contribution in [0.1, 0.15) is 33.1 Å². The second-order valence-electron chi connectivity index (χ2n) is 4.65. The fourth-order valence-electron chi connectivity index (χ4n) is 3.08. The van der Waals surface area contributed by atoms with Gasteiger partial charge in [0.15, 0.2) is 0 Å². The fraction of sp³-hybridized carbons (Fsp3) is 1.00. The zero-order valence-corrected chi connectivity index (χ0v) is 6.98. The largest absolute Gasteiger partial charge is 0.330 e. The number of hydrogen-bond donors (Lipinski definition) is 1. The molecule has 0 aromatic rings. The van der Waals surface area contributed by atoms with Crippen LogP contribution in [0.5, 0.6) is 0 Å². The van der Waals surface area contributed by atoms with Gasteiger partial charge in [0.05, 0.1) is 0 Å². The Balaban J connectivity index is 2.27. The van der Waals surface area contributed by atoms with E-state index < -0.39 is 0 Å². The topological polar surface area (TPSA) is 26.0 Å². The molecule has 1 heteroatoms. The first-order chi connectivity index (χ1) is 4.62. The van der Waals surface area contributed by atoms with Gasteiger partial charge in [0.25, 0.3) is 0 Å². The average Bonchev–Trinajstić information content (AvgIpc) is 2.41. The second kappa shape index (κ2) is 1.58. The quantitative estimate of drug-likeness (QED) is 0.588. The van der Waals surface area contributed by atoms with Crippen molar-refractivity contribution in [3.8, 4) is 0 Å². The van der Waals surface area contributed by atoms with Crippen LogP contribution in [0.2, 0.25) is 0 Å². The summed E-state index contributed by atoms with van der Waals surface area (Å²) in [5.41, 5.74) is 6.91. The first-order valence-corrected chi connectivity index (χ1v) is 4.32. The Morgan fingerprint density at radius 2 is 2.20 bits per heavy atom. The Morgan fingerprint density at radius 1 is 1.50 bits per heavy atom. The highest BCUT2D eigenvalue weighted by molar-refractivity contribution is 5.13. The maximum Gasteiger partial charge on any atom is -0.00152 e. The van der Waals surface area contributed by atoms with Gasteiger partial charge in [-0.25, -0.2) is 0 Å². The van der Waals surface area contributed by atoms with E-state index in [0.717, 1.165) is 12.5 Å². The summed E-state index contributed by atoms with van der Waals surface area (Å²) >= 11 is 0. The second-order valence-corrected chi connectivity index (χ2v) is 4.65. The number of hydrogen-bond acceptors (Lipinski definition) is 1. The summed E-state index contributed by atoms with van der Waals surface area (Å²) in [6.07, 6.45) is 4.24. The van der Waals surface area contributed by atoms with Crippen molar-refractivity contribution in [2.45, 2.75) is 33.1 Å². The fourth-order valence-corrected chi connectivity index (χ4v) is 3.08. The standard InChI is InChI=1S/C9H17N/c1-8(2)7-3-4-9(8,5-7)6-10/h7H,3-6,10H2,1-2H3. The van der Waals surface area contributed by atoms with Gasteiger partial charge in [-0.2, -0.15) is 0 Å². The molecular formula is C9H17N. The molecule has 0 aromatic carbocycles. The highest BCUT2D eigenvalue weighted by atomic mass is 14.7. The molecule has 2 N–H and O–H groups in total. The third-order valence-corrected chi connectivity index (χ3v) is 4.39. The minimum atomic E-state index is 0.553. The van der Waals surface area contributed by atoms with Crippen molar-refractivity contribution < 1.29 is 0 Å². The van der Waals surface area contributed by atoms with E-state index in [1.54, 1.807) is 0 Å². The van der Waals surface area contributed by atoms with Crippen molar-refractivity contribution in [1.29, 1.82) is 0 Å². The van der Waals surface area contributed by atoms with Gasteiger partial charge in [0, 0.05) is 0 Å². The summed E-state index contributed by atoms with van der Waals surface area (Å²) in [6.45, 7) is 5.69. The Labute approximate surface area is 63.0 Å². The van der Waals surface area contributed by atoms with Gasteiger partial charge in [-0.1, -0.05) is 13.8 Å². The third-order valence-electron chi connectivity index (χ3n) is 4.39. The van der Waals surface area contributed by atoms with Crippen LogP contribution in [-0.2, 0) is 0 Å². The summed E-state index contributed by atoms with van der Waals surface area (Å²) in [5, 5.41) is 0. The molecule has 3 fully saturated rings. The van der Waals surface area contributed by atoms with Crippen LogP contribution in [-0.4, -0.2) is 6.54 Å². The van der Waals surface area contributed by atoms with Gasteiger partial charge in [0.1, 0.15) is 0 Å². The van der Waals surface area contributed by atoms with E-state index >= 15 is 0 Å². The predicted octanol–water partition coefficient (Wildman–Crippen LogP) is 1.77. The normalized spacial score (nSPS) is 48.9. The average molecular weight is 139 g/mol. The minimum Gasteiger partial charge on any atom is -0.330 e. The lowest BCUT2D eigenvalue weighted by molar-refractivity contribution is -0.0472. The zero-order chi connectivity index (χ0) is 7.41. The molecule has 2 atom stereocenters. The van der Waals surface area contributed by atoms with Crippen LogP contribution in [0.4, 0.5) is 0 Å². The highest BCUT2D eigenvalue weighted by Crippen LogP contribution is 2.69. The lowest BCUT2D eigenvalue weighted by Crippen LogP contribution is -2.52. The smallest absolute Gasteiger partial charge is 0.00152 e. The molecule has 10 heavy (non-hydrogen) atoms. The Kier molecular flexibility index (Phi) is 1.05. The Hall–Kier alpha value is -0.0400. The molecule has 0 spiro atoms. The van der Waals surface area contributed by atoms with Gasteiger partial charge in [-0.3, -0.25) is 0 Å². The molecule has 3 rings (SSSR count).